The van der Waals surface area contributed by atoms with Crippen molar-refractivity contribution in [1.29, 1.82) is 0 Å². The van der Waals surface area contributed by atoms with E-state index in [-0.39, 0.29) is 5.41 Å². The maximum atomic E-state index is 4.27. The predicted octanol–water partition coefficient (Wildman–Crippen LogP) is 6.74. The number of nitrogens with zero attached hydrogens (tertiary/aromatic N) is 1. The Morgan fingerprint density at radius 2 is 2.00 bits per heavy atom. The van der Waals surface area contributed by atoms with Crippen molar-refractivity contribution < 1.29 is 0 Å². The summed E-state index contributed by atoms with van der Waals surface area (Å²) in [5.74, 6) is 0. The van der Waals surface area contributed by atoms with E-state index in [2.05, 4.69) is 62.2 Å². The molecule has 0 amide bonds. The molecule has 118 valence electrons. The van der Waals surface area contributed by atoms with Gasteiger partial charge in [-0.15, -0.1) is 11.3 Å². The minimum absolute atomic E-state index is 0.284. The van der Waals surface area contributed by atoms with Crippen molar-refractivity contribution in [3.63, 3.8) is 0 Å². The van der Waals surface area contributed by atoms with Crippen molar-refractivity contribution in [2.75, 3.05) is 0 Å². The fourth-order valence-corrected chi connectivity index (χ4v) is 3.43. The first kappa shape index (κ1) is 17.0. The van der Waals surface area contributed by atoms with Crippen molar-refractivity contribution >= 4 is 17.4 Å². The molecule has 0 saturated heterocycles. The molecule has 0 unspecified atom stereocenters. The second kappa shape index (κ2) is 7.73. The number of hydrogen-bond acceptors (Lipinski definition) is 2. The van der Waals surface area contributed by atoms with E-state index in [1.807, 2.05) is 24.5 Å². The van der Waals surface area contributed by atoms with Crippen LogP contribution in [-0.4, -0.2) is 4.98 Å². The van der Waals surface area contributed by atoms with E-state index in [1.165, 1.54) is 41.0 Å². The summed E-state index contributed by atoms with van der Waals surface area (Å²) in [7, 11) is 0. The largest absolute Gasteiger partial charge is 0.262 e. The first-order valence-electron chi connectivity index (χ1n) is 8.22. The Kier molecular flexibility index (Phi) is 5.96. The van der Waals surface area contributed by atoms with Crippen LogP contribution in [0.5, 0.6) is 0 Å². The summed E-state index contributed by atoms with van der Waals surface area (Å²) in [6.45, 7) is 8.97. The summed E-state index contributed by atoms with van der Waals surface area (Å²) in [6, 6.07) is 8.66. The highest BCUT2D eigenvalue weighted by Crippen LogP contribution is 2.31. The average molecular weight is 314 g/mol. The fourth-order valence-electron chi connectivity index (χ4n) is 2.52. The Morgan fingerprint density at radius 1 is 1.18 bits per heavy atom. The Morgan fingerprint density at radius 3 is 2.73 bits per heavy atom. The van der Waals surface area contributed by atoms with Gasteiger partial charge in [-0.3, -0.25) is 4.98 Å². The molecule has 1 nitrogen and oxygen atoms in total. The van der Waals surface area contributed by atoms with Gasteiger partial charge in [0.05, 0.1) is 0 Å². The summed E-state index contributed by atoms with van der Waals surface area (Å²) in [5.41, 5.74) is 2.62. The highest BCUT2D eigenvalue weighted by molar-refractivity contribution is 7.16. The van der Waals surface area contributed by atoms with E-state index < -0.39 is 0 Å². The van der Waals surface area contributed by atoms with Crippen LogP contribution in [0.25, 0.3) is 16.5 Å². The number of rotatable bonds is 7. The highest BCUT2D eigenvalue weighted by atomic mass is 32.1. The summed E-state index contributed by atoms with van der Waals surface area (Å²) >= 11 is 1.85. The molecule has 0 bridgehead atoms. The van der Waals surface area contributed by atoms with Gasteiger partial charge in [0.1, 0.15) is 0 Å². The van der Waals surface area contributed by atoms with Gasteiger partial charge >= 0.3 is 0 Å². The molecule has 0 atom stereocenters. The van der Waals surface area contributed by atoms with E-state index in [0.29, 0.717) is 0 Å². The quantitative estimate of drug-likeness (QED) is 0.516. The SMILES string of the molecule is CCCCCC(C)(C)/C=C\c1ccc(-c2ccnc(C)c2)s1. The molecule has 2 rings (SSSR count). The second-order valence-electron chi connectivity index (χ2n) is 6.67. The first-order chi connectivity index (χ1) is 10.5. The van der Waals surface area contributed by atoms with Crippen molar-refractivity contribution in [3.8, 4) is 10.4 Å². The zero-order valence-corrected chi connectivity index (χ0v) is 15.0. The van der Waals surface area contributed by atoms with Crippen molar-refractivity contribution in [2.45, 2.75) is 53.4 Å². The monoisotopic (exact) mass is 313 g/mol. The van der Waals surface area contributed by atoms with Crippen LogP contribution in [0.2, 0.25) is 0 Å². The zero-order valence-electron chi connectivity index (χ0n) is 14.2. The summed E-state index contributed by atoms with van der Waals surface area (Å²) in [5, 5.41) is 0. The van der Waals surface area contributed by atoms with E-state index in [9.17, 15) is 0 Å². The summed E-state index contributed by atoms with van der Waals surface area (Å²) in [4.78, 5) is 6.91. The highest BCUT2D eigenvalue weighted by Gasteiger charge is 2.13. The lowest BCUT2D eigenvalue weighted by atomic mass is 9.86. The normalized spacial score (nSPS) is 12.2. The van der Waals surface area contributed by atoms with Crippen LogP contribution in [0, 0.1) is 12.3 Å². The van der Waals surface area contributed by atoms with E-state index in [1.54, 1.807) is 0 Å². The van der Waals surface area contributed by atoms with Gasteiger partial charge in [-0.25, -0.2) is 0 Å². The molecule has 0 aromatic carbocycles. The molecule has 22 heavy (non-hydrogen) atoms. The molecular weight excluding hydrogens is 286 g/mol. The van der Waals surface area contributed by atoms with Crippen LogP contribution in [0.15, 0.2) is 36.5 Å². The van der Waals surface area contributed by atoms with Crippen LogP contribution in [0.1, 0.15) is 57.0 Å². The van der Waals surface area contributed by atoms with Gasteiger partial charge in [0, 0.05) is 21.6 Å². The maximum absolute atomic E-state index is 4.27. The molecular formula is C20H27NS. The molecule has 0 aliphatic heterocycles. The fraction of sp³-hybridized carbons (Fsp3) is 0.450. The van der Waals surface area contributed by atoms with Crippen molar-refractivity contribution in [1.82, 2.24) is 4.98 Å². The topological polar surface area (TPSA) is 12.9 Å². The minimum Gasteiger partial charge on any atom is -0.262 e. The molecule has 2 heterocycles. The molecule has 2 aromatic rings. The average Bonchev–Trinajstić information content (AvgIpc) is 2.94. The van der Waals surface area contributed by atoms with Crippen molar-refractivity contribution in [3.05, 3.63) is 47.1 Å². The Hall–Kier alpha value is -1.41. The molecule has 0 fully saturated rings. The van der Waals surface area contributed by atoms with Gasteiger partial charge in [0.2, 0.25) is 0 Å². The van der Waals surface area contributed by atoms with Gasteiger partial charge in [-0.05, 0) is 54.7 Å². The number of pyridine rings is 1. The van der Waals surface area contributed by atoms with E-state index in [0.717, 1.165) is 5.69 Å². The Labute approximate surface area is 139 Å². The zero-order chi connectivity index (χ0) is 16.0. The van der Waals surface area contributed by atoms with Gasteiger partial charge in [0.25, 0.3) is 0 Å². The van der Waals surface area contributed by atoms with Gasteiger partial charge < -0.3 is 0 Å². The third-order valence-electron chi connectivity index (χ3n) is 3.93. The van der Waals surface area contributed by atoms with Gasteiger partial charge in [-0.2, -0.15) is 0 Å². The molecule has 2 aromatic heterocycles. The number of hydrogen-bond donors (Lipinski definition) is 0. The number of allylic oxidation sites excluding steroid dienone is 1. The molecule has 2 heteroatoms. The number of thiophene rings is 1. The Balaban J connectivity index is 2.04. The van der Waals surface area contributed by atoms with Crippen LogP contribution in [0.3, 0.4) is 0 Å². The van der Waals surface area contributed by atoms with Crippen molar-refractivity contribution in [2.24, 2.45) is 5.41 Å². The van der Waals surface area contributed by atoms with Crippen LogP contribution in [0.4, 0.5) is 0 Å². The minimum atomic E-state index is 0.284. The number of aromatic nitrogens is 1. The Bertz CT molecular complexity index is 622. The molecule has 0 radical (unpaired) electrons. The predicted molar refractivity (Wildman–Crippen MR) is 99.2 cm³/mol. The number of unbranched alkanes of at least 4 members (excludes halogenated alkanes) is 2. The lowest BCUT2D eigenvalue weighted by Gasteiger charge is -2.19. The van der Waals surface area contributed by atoms with E-state index in [4.69, 9.17) is 0 Å². The van der Waals surface area contributed by atoms with Crippen LogP contribution < -0.4 is 0 Å². The van der Waals surface area contributed by atoms with E-state index >= 15 is 0 Å². The van der Waals surface area contributed by atoms with Crippen LogP contribution in [-0.2, 0) is 0 Å². The maximum Gasteiger partial charge on any atom is 0.0379 e. The summed E-state index contributed by atoms with van der Waals surface area (Å²) < 4.78 is 0. The molecule has 0 spiro atoms. The number of aryl methyl sites for hydroxylation is 1. The molecule has 0 aliphatic rings. The second-order valence-corrected chi connectivity index (χ2v) is 7.78. The molecule has 0 N–H and O–H groups in total. The lowest BCUT2D eigenvalue weighted by Crippen LogP contribution is -2.06. The standard InChI is InChI=1S/C20H27NS/c1-5-6-7-12-20(3,4)13-10-18-8-9-19(22-18)17-11-14-21-16(2)15-17/h8-11,13-15H,5-7,12H2,1-4H3/b13-10-. The first-order valence-corrected chi connectivity index (χ1v) is 9.04. The lowest BCUT2D eigenvalue weighted by molar-refractivity contribution is 0.415. The molecule has 0 aliphatic carbocycles. The molecule has 0 saturated carbocycles. The van der Waals surface area contributed by atoms with Gasteiger partial charge in [0.15, 0.2) is 0 Å². The third-order valence-corrected chi connectivity index (χ3v) is 5.03. The van der Waals surface area contributed by atoms with Gasteiger partial charge in [-0.1, -0.05) is 46.1 Å². The van der Waals surface area contributed by atoms with Crippen LogP contribution >= 0.6 is 11.3 Å². The third kappa shape index (κ3) is 5.10. The smallest absolute Gasteiger partial charge is 0.0379 e. The summed E-state index contributed by atoms with van der Waals surface area (Å²) in [6.07, 6.45) is 11.8.